The third kappa shape index (κ3) is 1.97. The Labute approximate surface area is 145 Å². The lowest BCUT2D eigenvalue weighted by molar-refractivity contribution is -0.147. The first-order chi connectivity index (χ1) is 11.2. The van der Waals surface area contributed by atoms with Crippen LogP contribution >= 0.6 is 0 Å². The number of hydrogen-bond acceptors (Lipinski definition) is 3. The molecule has 0 spiro atoms. The fourth-order valence-electron chi connectivity index (χ4n) is 7.37. The van der Waals surface area contributed by atoms with Crippen LogP contribution in [-0.4, -0.2) is 21.6 Å². The number of fused-ring (bicyclic) bond motifs is 5. The van der Waals surface area contributed by atoms with Gasteiger partial charge in [-0.3, -0.25) is 4.79 Å². The van der Waals surface area contributed by atoms with E-state index in [1.54, 1.807) is 0 Å². The summed E-state index contributed by atoms with van der Waals surface area (Å²) in [5.41, 5.74) is 0.304. The summed E-state index contributed by atoms with van der Waals surface area (Å²) in [6.07, 6.45) is 9.11. The van der Waals surface area contributed by atoms with E-state index in [1.807, 2.05) is 6.92 Å². The number of carbonyl (C=O) groups is 1. The molecule has 4 aliphatic carbocycles. The number of aliphatic hydroxyl groups is 2. The van der Waals surface area contributed by atoms with Crippen molar-refractivity contribution in [2.24, 2.45) is 34.5 Å². The van der Waals surface area contributed by atoms with E-state index in [4.69, 9.17) is 0 Å². The average Bonchev–Trinajstić information content (AvgIpc) is 2.77. The Balaban J connectivity index is 1.67. The molecule has 2 N–H and O–H groups in total. The van der Waals surface area contributed by atoms with Crippen LogP contribution in [-0.2, 0) is 4.79 Å². The molecule has 3 heteroatoms. The second-order valence-corrected chi connectivity index (χ2v) is 9.88. The molecule has 4 saturated carbocycles. The first-order valence-electron chi connectivity index (χ1n) is 9.82. The number of Topliss-reactive ketones (excluding diaryl/α,β-unsaturated/α-hetero) is 1. The number of hydrogen-bond donors (Lipinski definition) is 2. The lowest BCUT2D eigenvalue weighted by Gasteiger charge is -2.61. The van der Waals surface area contributed by atoms with E-state index < -0.39 is 5.60 Å². The maximum absolute atomic E-state index is 12.2. The standard InChI is InChI=1S/C21H32O3/c1-19-11-13(12-22)18(23)10-14(19)4-5-15-16(19)6-8-20(2)17(15)7-9-21(20,3)24/h12,14-17,22,24H,4-11H2,1-3H3/t14?,15?,16?,17?,19-,20-,21-/m0/s1. The van der Waals surface area contributed by atoms with Gasteiger partial charge in [0.2, 0.25) is 0 Å². The number of carbonyl (C=O) groups excluding carboxylic acids is 1. The van der Waals surface area contributed by atoms with Crippen LogP contribution in [0.25, 0.3) is 0 Å². The molecule has 0 aromatic heterocycles. The number of aliphatic hydroxyl groups excluding tert-OH is 1. The third-order valence-corrected chi connectivity index (χ3v) is 9.14. The summed E-state index contributed by atoms with van der Waals surface area (Å²) in [5, 5.41) is 20.5. The van der Waals surface area contributed by atoms with E-state index in [-0.39, 0.29) is 16.6 Å². The molecule has 0 saturated heterocycles. The van der Waals surface area contributed by atoms with Gasteiger partial charge in [-0.15, -0.1) is 0 Å². The minimum absolute atomic E-state index is 0.0531. The van der Waals surface area contributed by atoms with Gasteiger partial charge >= 0.3 is 0 Å². The fraction of sp³-hybridized carbons (Fsp3) is 0.857. The van der Waals surface area contributed by atoms with Crippen LogP contribution in [0.5, 0.6) is 0 Å². The van der Waals surface area contributed by atoms with E-state index >= 15 is 0 Å². The van der Waals surface area contributed by atoms with E-state index in [9.17, 15) is 15.0 Å². The Hall–Kier alpha value is -0.830. The van der Waals surface area contributed by atoms with Crippen LogP contribution < -0.4 is 0 Å². The van der Waals surface area contributed by atoms with E-state index in [0.29, 0.717) is 35.7 Å². The predicted molar refractivity (Wildman–Crippen MR) is 93.5 cm³/mol. The van der Waals surface area contributed by atoms with Crippen molar-refractivity contribution in [3.8, 4) is 0 Å². The highest BCUT2D eigenvalue weighted by atomic mass is 16.3. The summed E-state index contributed by atoms with van der Waals surface area (Å²) in [6, 6.07) is 0. The summed E-state index contributed by atoms with van der Waals surface area (Å²) < 4.78 is 0. The van der Waals surface area contributed by atoms with Gasteiger partial charge in [-0.05, 0) is 86.4 Å². The average molecular weight is 332 g/mol. The molecule has 0 aromatic carbocycles. The molecule has 0 radical (unpaired) electrons. The van der Waals surface area contributed by atoms with E-state index in [0.717, 1.165) is 44.8 Å². The van der Waals surface area contributed by atoms with E-state index in [1.165, 1.54) is 6.42 Å². The van der Waals surface area contributed by atoms with Gasteiger partial charge < -0.3 is 10.2 Å². The van der Waals surface area contributed by atoms with Crippen molar-refractivity contribution < 1.29 is 15.0 Å². The maximum Gasteiger partial charge on any atom is 0.162 e. The molecule has 4 rings (SSSR count). The van der Waals surface area contributed by atoms with Gasteiger partial charge in [0.25, 0.3) is 0 Å². The van der Waals surface area contributed by atoms with Gasteiger partial charge in [0.1, 0.15) is 0 Å². The van der Waals surface area contributed by atoms with Crippen LogP contribution in [0.4, 0.5) is 0 Å². The normalized spacial score (nSPS) is 55.8. The van der Waals surface area contributed by atoms with Crippen LogP contribution in [0.2, 0.25) is 0 Å². The van der Waals surface area contributed by atoms with E-state index in [2.05, 4.69) is 13.8 Å². The molecule has 0 bridgehead atoms. The largest absolute Gasteiger partial charge is 0.515 e. The SMILES string of the molecule is C[C@]12CC(=CO)C(=O)CC1CCC1C2CC[C@@]2(C)C1CC[C@]2(C)O. The van der Waals surface area contributed by atoms with Crippen LogP contribution in [0, 0.1) is 34.5 Å². The Kier molecular flexibility index (Phi) is 3.53. The maximum atomic E-state index is 12.2. The topological polar surface area (TPSA) is 57.5 Å². The summed E-state index contributed by atoms with van der Waals surface area (Å²) in [6.45, 7) is 6.74. The minimum Gasteiger partial charge on any atom is -0.515 e. The van der Waals surface area contributed by atoms with Gasteiger partial charge in [-0.1, -0.05) is 13.8 Å². The zero-order valence-corrected chi connectivity index (χ0v) is 15.3. The molecule has 134 valence electrons. The van der Waals surface area contributed by atoms with Crippen molar-refractivity contribution in [3.05, 3.63) is 11.8 Å². The highest BCUT2D eigenvalue weighted by molar-refractivity contribution is 5.96. The smallest absolute Gasteiger partial charge is 0.162 e. The molecule has 0 aromatic rings. The monoisotopic (exact) mass is 332 g/mol. The summed E-state index contributed by atoms with van der Waals surface area (Å²) in [5.74, 6) is 2.55. The van der Waals surface area contributed by atoms with Gasteiger partial charge in [-0.25, -0.2) is 0 Å². The quantitative estimate of drug-likeness (QED) is 0.510. The first kappa shape index (κ1) is 16.6. The first-order valence-corrected chi connectivity index (χ1v) is 9.82. The number of rotatable bonds is 0. The third-order valence-electron chi connectivity index (χ3n) is 9.14. The molecular weight excluding hydrogens is 300 g/mol. The van der Waals surface area contributed by atoms with Gasteiger partial charge in [0.15, 0.2) is 5.78 Å². The zero-order valence-electron chi connectivity index (χ0n) is 15.3. The second kappa shape index (κ2) is 5.09. The Morgan fingerprint density at radius 3 is 2.46 bits per heavy atom. The van der Waals surface area contributed by atoms with Crippen LogP contribution in [0.3, 0.4) is 0 Å². The molecule has 0 heterocycles. The molecule has 4 unspecified atom stereocenters. The second-order valence-electron chi connectivity index (χ2n) is 9.88. The van der Waals surface area contributed by atoms with Crippen molar-refractivity contribution in [2.75, 3.05) is 0 Å². The number of allylic oxidation sites excluding steroid dienone is 1. The lowest BCUT2D eigenvalue weighted by atomic mass is 9.44. The Bertz CT molecular complexity index is 592. The van der Waals surface area contributed by atoms with Crippen LogP contribution in [0.15, 0.2) is 11.8 Å². The molecule has 4 fully saturated rings. The number of ketones is 1. The van der Waals surface area contributed by atoms with Crippen LogP contribution in [0.1, 0.15) is 72.1 Å². The molecule has 24 heavy (non-hydrogen) atoms. The van der Waals surface area contributed by atoms with Crippen molar-refractivity contribution in [1.29, 1.82) is 0 Å². The fourth-order valence-corrected chi connectivity index (χ4v) is 7.37. The molecular formula is C21H32O3. The van der Waals surface area contributed by atoms with Crippen molar-refractivity contribution in [3.63, 3.8) is 0 Å². The van der Waals surface area contributed by atoms with Crippen molar-refractivity contribution >= 4 is 5.78 Å². The molecule has 0 amide bonds. The summed E-state index contributed by atoms with van der Waals surface area (Å²) in [4.78, 5) is 12.2. The summed E-state index contributed by atoms with van der Waals surface area (Å²) in [7, 11) is 0. The zero-order chi connectivity index (χ0) is 17.3. The molecule has 3 nitrogen and oxygen atoms in total. The highest BCUT2D eigenvalue weighted by Gasteiger charge is 2.63. The molecule has 7 atom stereocenters. The minimum atomic E-state index is -0.529. The van der Waals surface area contributed by atoms with Gasteiger partial charge in [0, 0.05) is 12.0 Å². The Morgan fingerprint density at radius 1 is 1.04 bits per heavy atom. The summed E-state index contributed by atoms with van der Waals surface area (Å²) >= 11 is 0. The van der Waals surface area contributed by atoms with Crippen molar-refractivity contribution in [1.82, 2.24) is 0 Å². The highest BCUT2D eigenvalue weighted by Crippen LogP contribution is 2.68. The van der Waals surface area contributed by atoms with Gasteiger partial charge in [0.05, 0.1) is 11.9 Å². The lowest BCUT2D eigenvalue weighted by Crippen LogP contribution is -2.56. The van der Waals surface area contributed by atoms with Crippen molar-refractivity contribution in [2.45, 2.75) is 77.7 Å². The molecule has 0 aliphatic heterocycles. The predicted octanol–water partition coefficient (Wildman–Crippen LogP) is 4.40. The molecule has 4 aliphatic rings. The van der Waals surface area contributed by atoms with Gasteiger partial charge in [-0.2, -0.15) is 0 Å². The Morgan fingerprint density at radius 2 is 1.75 bits per heavy atom.